The van der Waals surface area contributed by atoms with Crippen LogP contribution in [-0.4, -0.2) is 17.3 Å². The van der Waals surface area contributed by atoms with Gasteiger partial charge in [-0.25, -0.2) is 0 Å². The molecule has 1 unspecified atom stereocenters. The summed E-state index contributed by atoms with van der Waals surface area (Å²) in [6.07, 6.45) is 3.58. The number of thioether (sulfide) groups is 2. The average Bonchev–Trinajstić information content (AvgIpc) is 3.03. The Morgan fingerprint density at radius 2 is 1.58 bits per heavy atom. The van der Waals surface area contributed by atoms with Gasteiger partial charge in [-0.3, -0.25) is 0 Å². The van der Waals surface area contributed by atoms with Gasteiger partial charge in [0, 0.05) is 5.25 Å². The summed E-state index contributed by atoms with van der Waals surface area (Å²) in [6, 6.07) is 18.0. The van der Waals surface area contributed by atoms with Crippen molar-refractivity contribution in [3.8, 4) is 11.1 Å². The van der Waals surface area contributed by atoms with Gasteiger partial charge in [0.2, 0.25) is 0 Å². The van der Waals surface area contributed by atoms with Crippen molar-refractivity contribution in [3.05, 3.63) is 59.7 Å². The van der Waals surface area contributed by atoms with Gasteiger partial charge in [0.05, 0.1) is 4.75 Å². The highest BCUT2D eigenvalue weighted by Crippen LogP contribution is 2.62. The van der Waals surface area contributed by atoms with E-state index in [0.717, 1.165) is 0 Å². The fourth-order valence-electron chi connectivity index (χ4n) is 3.64. The second kappa shape index (κ2) is 4.32. The fraction of sp³-hybridized carbons (Fsp3) is 0.294. The van der Waals surface area contributed by atoms with Crippen LogP contribution >= 0.6 is 23.5 Å². The van der Waals surface area contributed by atoms with Gasteiger partial charge in [0.15, 0.2) is 0 Å². The van der Waals surface area contributed by atoms with Crippen LogP contribution in [-0.2, 0) is 4.75 Å². The highest BCUT2D eigenvalue weighted by Gasteiger charge is 2.51. The molecule has 0 N–H and O–H groups in total. The zero-order chi connectivity index (χ0) is 12.9. The van der Waals surface area contributed by atoms with Gasteiger partial charge in [-0.1, -0.05) is 48.5 Å². The molecular formula is C17H16S2. The summed E-state index contributed by atoms with van der Waals surface area (Å²) in [5.41, 5.74) is 5.98. The highest BCUT2D eigenvalue weighted by atomic mass is 32.2. The van der Waals surface area contributed by atoms with E-state index in [1.807, 2.05) is 11.8 Å². The summed E-state index contributed by atoms with van der Waals surface area (Å²) in [5, 5.41) is 0.697. The molecule has 96 valence electrons. The van der Waals surface area contributed by atoms with Crippen LogP contribution < -0.4 is 0 Å². The summed E-state index contributed by atoms with van der Waals surface area (Å²) in [7, 11) is 0. The lowest BCUT2D eigenvalue weighted by Gasteiger charge is -2.32. The second-order valence-corrected chi connectivity index (χ2v) is 7.57. The van der Waals surface area contributed by atoms with Crippen molar-refractivity contribution in [2.24, 2.45) is 0 Å². The lowest BCUT2D eigenvalue weighted by atomic mass is 9.91. The molecule has 2 aliphatic rings. The molecule has 1 heterocycles. The third kappa shape index (κ3) is 1.45. The number of benzene rings is 2. The molecule has 0 bridgehead atoms. The maximum absolute atomic E-state index is 2.34. The topological polar surface area (TPSA) is 0 Å². The van der Waals surface area contributed by atoms with E-state index < -0.39 is 0 Å². The minimum absolute atomic E-state index is 0.201. The lowest BCUT2D eigenvalue weighted by molar-refractivity contribution is 0.722. The average molecular weight is 284 g/mol. The van der Waals surface area contributed by atoms with Gasteiger partial charge in [-0.2, -0.15) is 11.8 Å². The van der Waals surface area contributed by atoms with Crippen LogP contribution in [0.25, 0.3) is 11.1 Å². The van der Waals surface area contributed by atoms with Crippen molar-refractivity contribution in [2.45, 2.75) is 16.4 Å². The Hall–Kier alpha value is -0.860. The Balaban J connectivity index is 2.06. The molecule has 2 heteroatoms. The van der Waals surface area contributed by atoms with Crippen LogP contribution in [0.4, 0.5) is 0 Å². The fourth-order valence-corrected chi connectivity index (χ4v) is 6.87. The van der Waals surface area contributed by atoms with Gasteiger partial charge < -0.3 is 0 Å². The highest BCUT2D eigenvalue weighted by molar-refractivity contribution is 8.04. The van der Waals surface area contributed by atoms with E-state index in [2.05, 4.69) is 66.5 Å². The van der Waals surface area contributed by atoms with E-state index in [1.165, 1.54) is 34.4 Å². The first-order valence-corrected chi connectivity index (χ1v) is 9.01. The van der Waals surface area contributed by atoms with E-state index in [9.17, 15) is 0 Å². The Morgan fingerprint density at radius 1 is 1.00 bits per heavy atom. The molecule has 1 aliphatic carbocycles. The molecule has 0 aromatic heterocycles. The minimum atomic E-state index is 0.201. The van der Waals surface area contributed by atoms with Crippen LogP contribution in [0.3, 0.4) is 0 Å². The zero-order valence-corrected chi connectivity index (χ0v) is 12.6. The Kier molecular flexibility index (Phi) is 2.71. The van der Waals surface area contributed by atoms with Crippen LogP contribution in [0, 0.1) is 0 Å². The van der Waals surface area contributed by atoms with E-state index >= 15 is 0 Å². The van der Waals surface area contributed by atoms with E-state index in [0.29, 0.717) is 5.25 Å². The number of fused-ring (bicyclic) bond motifs is 5. The third-order valence-electron chi connectivity index (χ3n) is 4.39. The van der Waals surface area contributed by atoms with Gasteiger partial charge >= 0.3 is 0 Å². The molecule has 1 fully saturated rings. The molecule has 4 rings (SSSR count). The molecule has 0 nitrogen and oxygen atoms in total. The Labute approximate surface area is 123 Å². The molecule has 1 spiro atoms. The molecule has 2 aromatic carbocycles. The summed E-state index contributed by atoms with van der Waals surface area (Å²) >= 11 is 4.18. The number of hydrogen-bond acceptors (Lipinski definition) is 2. The third-order valence-corrected chi connectivity index (χ3v) is 7.32. The van der Waals surface area contributed by atoms with Gasteiger partial charge in [-0.15, -0.1) is 11.8 Å². The van der Waals surface area contributed by atoms with Crippen LogP contribution in [0.5, 0.6) is 0 Å². The predicted octanol–water partition coefficient (Wildman–Crippen LogP) is 4.78. The zero-order valence-electron chi connectivity index (χ0n) is 10.9. The molecule has 1 saturated heterocycles. The van der Waals surface area contributed by atoms with E-state index in [4.69, 9.17) is 0 Å². The molecule has 1 aliphatic heterocycles. The molecule has 1 atom stereocenters. The lowest BCUT2D eigenvalue weighted by Crippen LogP contribution is -2.28. The van der Waals surface area contributed by atoms with Crippen molar-refractivity contribution >= 4 is 23.5 Å². The van der Waals surface area contributed by atoms with Crippen LogP contribution in [0.15, 0.2) is 48.5 Å². The molecule has 0 amide bonds. The summed E-state index contributed by atoms with van der Waals surface area (Å²) in [6.45, 7) is 0. The van der Waals surface area contributed by atoms with Gasteiger partial charge in [0.25, 0.3) is 0 Å². The molecule has 2 aromatic rings. The SMILES string of the molecule is CSC1CCSC12c1ccccc1-c1ccccc12. The smallest absolute Gasteiger partial charge is 0.0787 e. The minimum Gasteiger partial charge on any atom is -0.160 e. The second-order valence-electron chi connectivity index (χ2n) is 5.19. The molecule has 0 saturated carbocycles. The van der Waals surface area contributed by atoms with E-state index in [1.54, 1.807) is 0 Å². The first-order valence-electron chi connectivity index (χ1n) is 6.74. The Morgan fingerprint density at radius 3 is 2.16 bits per heavy atom. The van der Waals surface area contributed by atoms with Crippen molar-refractivity contribution in [2.75, 3.05) is 12.0 Å². The standard InChI is InChI=1S/C17H16S2/c1-18-16-10-11-19-17(16)14-8-4-2-6-12(14)13-7-3-5-9-15(13)17/h2-9,16H,10-11H2,1H3. The predicted molar refractivity (Wildman–Crippen MR) is 87.0 cm³/mol. The van der Waals surface area contributed by atoms with Gasteiger partial charge in [0.1, 0.15) is 0 Å². The first kappa shape index (κ1) is 11.9. The van der Waals surface area contributed by atoms with Crippen LogP contribution in [0.1, 0.15) is 17.5 Å². The maximum Gasteiger partial charge on any atom is 0.0787 e. The Bertz CT molecular complexity index is 587. The normalized spacial score (nSPS) is 22.5. The molecular weight excluding hydrogens is 268 g/mol. The first-order chi connectivity index (χ1) is 9.38. The maximum atomic E-state index is 2.34. The number of rotatable bonds is 1. The van der Waals surface area contributed by atoms with Crippen molar-refractivity contribution in [1.82, 2.24) is 0 Å². The van der Waals surface area contributed by atoms with E-state index in [-0.39, 0.29) is 4.75 Å². The van der Waals surface area contributed by atoms with Crippen molar-refractivity contribution in [1.29, 1.82) is 0 Å². The van der Waals surface area contributed by atoms with Crippen molar-refractivity contribution < 1.29 is 0 Å². The summed E-state index contributed by atoms with van der Waals surface area (Å²) in [5.74, 6) is 1.27. The van der Waals surface area contributed by atoms with Crippen molar-refractivity contribution in [3.63, 3.8) is 0 Å². The largest absolute Gasteiger partial charge is 0.160 e. The number of hydrogen-bond donors (Lipinski definition) is 0. The quantitative estimate of drug-likeness (QED) is 0.739. The van der Waals surface area contributed by atoms with Gasteiger partial charge in [-0.05, 0) is 40.7 Å². The molecule has 19 heavy (non-hydrogen) atoms. The summed E-state index contributed by atoms with van der Waals surface area (Å²) in [4.78, 5) is 0. The molecule has 0 radical (unpaired) electrons. The summed E-state index contributed by atoms with van der Waals surface area (Å²) < 4.78 is 0.201. The monoisotopic (exact) mass is 284 g/mol. The van der Waals surface area contributed by atoms with Crippen LogP contribution in [0.2, 0.25) is 0 Å².